The number of carbonyl (C=O) groups excluding carboxylic acids is 1. The van der Waals surface area contributed by atoms with Crippen LogP contribution in [-0.2, 0) is 0 Å². The van der Waals surface area contributed by atoms with Gasteiger partial charge in [0.05, 0.1) is 0 Å². The van der Waals surface area contributed by atoms with Crippen molar-refractivity contribution in [1.29, 1.82) is 0 Å². The first-order chi connectivity index (χ1) is 8.49. The molecule has 1 amide bonds. The number of hydrogen-bond acceptors (Lipinski definition) is 4. The molecular weight excluding hydrogens is 248 g/mol. The molecule has 18 heavy (non-hydrogen) atoms. The monoisotopic (exact) mass is 262 g/mol. The fraction of sp³-hybridized carbons (Fsp3) is 0.154. The number of hydrogen-bond donors (Lipinski definition) is 3. The van der Waals surface area contributed by atoms with Crippen LogP contribution in [0.15, 0.2) is 23.6 Å². The number of thiophene rings is 1. The van der Waals surface area contributed by atoms with E-state index in [2.05, 4.69) is 5.32 Å². The second-order valence-electron chi connectivity index (χ2n) is 4.11. The highest BCUT2D eigenvalue weighted by atomic mass is 32.1. The predicted octanol–water partition coefficient (Wildman–Crippen LogP) is 2.91. The molecule has 0 aliphatic heterocycles. The standard InChI is InChI=1S/C13H14N2O2S/c1-7-3-4-9(5-8(7)2)15-13-11(12(14)17)10(16)6-18-13/h3-6,15-16H,1-2H3,(H2,14,17). The molecule has 4 nitrogen and oxygen atoms in total. The van der Waals surface area contributed by atoms with E-state index in [0.717, 1.165) is 11.3 Å². The van der Waals surface area contributed by atoms with Crippen LogP contribution in [-0.4, -0.2) is 11.0 Å². The van der Waals surface area contributed by atoms with Crippen LogP contribution < -0.4 is 11.1 Å². The summed E-state index contributed by atoms with van der Waals surface area (Å²) in [6.07, 6.45) is 0. The van der Waals surface area contributed by atoms with Crippen LogP contribution in [0.4, 0.5) is 10.7 Å². The molecule has 0 saturated carbocycles. The van der Waals surface area contributed by atoms with Gasteiger partial charge in [-0.25, -0.2) is 0 Å². The highest BCUT2D eigenvalue weighted by Crippen LogP contribution is 2.35. The molecule has 0 spiro atoms. The molecule has 4 N–H and O–H groups in total. The number of aryl methyl sites for hydroxylation is 2. The third kappa shape index (κ3) is 2.31. The lowest BCUT2D eigenvalue weighted by Gasteiger charge is -2.08. The van der Waals surface area contributed by atoms with Gasteiger partial charge in [0.2, 0.25) is 0 Å². The van der Waals surface area contributed by atoms with E-state index in [1.165, 1.54) is 22.3 Å². The van der Waals surface area contributed by atoms with Crippen LogP contribution >= 0.6 is 11.3 Å². The quantitative estimate of drug-likeness (QED) is 0.796. The summed E-state index contributed by atoms with van der Waals surface area (Å²) in [4.78, 5) is 11.2. The zero-order valence-corrected chi connectivity index (χ0v) is 11.0. The molecular formula is C13H14N2O2S. The SMILES string of the molecule is Cc1ccc(Nc2scc(O)c2C(N)=O)cc1C. The van der Waals surface area contributed by atoms with E-state index in [9.17, 15) is 9.90 Å². The maximum atomic E-state index is 11.2. The minimum atomic E-state index is -0.639. The smallest absolute Gasteiger partial charge is 0.255 e. The molecule has 0 fully saturated rings. The zero-order chi connectivity index (χ0) is 13.3. The second kappa shape index (κ2) is 4.70. The summed E-state index contributed by atoms with van der Waals surface area (Å²) < 4.78 is 0. The number of nitrogens with one attached hydrogen (secondary N) is 1. The van der Waals surface area contributed by atoms with Crippen molar-refractivity contribution in [2.75, 3.05) is 5.32 Å². The van der Waals surface area contributed by atoms with Gasteiger partial charge < -0.3 is 16.2 Å². The average molecular weight is 262 g/mol. The largest absolute Gasteiger partial charge is 0.506 e. The van der Waals surface area contributed by atoms with E-state index >= 15 is 0 Å². The molecule has 2 aromatic rings. The fourth-order valence-corrected chi connectivity index (χ4v) is 2.48. The molecule has 0 unspecified atom stereocenters. The van der Waals surface area contributed by atoms with Gasteiger partial charge in [0.15, 0.2) is 0 Å². The van der Waals surface area contributed by atoms with Crippen LogP contribution in [0, 0.1) is 13.8 Å². The van der Waals surface area contributed by atoms with Gasteiger partial charge in [-0.05, 0) is 37.1 Å². The van der Waals surface area contributed by atoms with Gasteiger partial charge >= 0.3 is 0 Å². The minimum absolute atomic E-state index is 0.0844. The molecule has 0 aliphatic rings. The van der Waals surface area contributed by atoms with Crippen LogP contribution in [0.3, 0.4) is 0 Å². The van der Waals surface area contributed by atoms with Crippen LogP contribution in [0.5, 0.6) is 5.75 Å². The molecule has 2 rings (SSSR count). The van der Waals surface area contributed by atoms with E-state index < -0.39 is 5.91 Å². The summed E-state index contributed by atoms with van der Waals surface area (Å²) in [6.45, 7) is 4.05. The Kier molecular flexibility index (Phi) is 3.25. The Labute approximate surface area is 109 Å². The lowest BCUT2D eigenvalue weighted by molar-refractivity contribution is 0.0999. The Morgan fingerprint density at radius 2 is 2.06 bits per heavy atom. The van der Waals surface area contributed by atoms with Gasteiger partial charge in [-0.15, -0.1) is 11.3 Å². The first-order valence-electron chi connectivity index (χ1n) is 5.43. The molecule has 0 saturated heterocycles. The number of carbonyl (C=O) groups is 1. The van der Waals surface area contributed by atoms with Crippen LogP contribution in [0.25, 0.3) is 0 Å². The molecule has 5 heteroatoms. The van der Waals surface area contributed by atoms with E-state index in [0.29, 0.717) is 5.00 Å². The first-order valence-corrected chi connectivity index (χ1v) is 6.31. The summed E-state index contributed by atoms with van der Waals surface area (Å²) in [5.74, 6) is -0.723. The summed E-state index contributed by atoms with van der Waals surface area (Å²) in [5, 5.41) is 14.7. The van der Waals surface area contributed by atoms with E-state index in [1.807, 2.05) is 32.0 Å². The van der Waals surface area contributed by atoms with Crippen molar-refractivity contribution in [3.05, 3.63) is 40.3 Å². The number of primary amides is 1. The van der Waals surface area contributed by atoms with Gasteiger partial charge in [0.25, 0.3) is 5.91 Å². The summed E-state index contributed by atoms with van der Waals surface area (Å²) in [5.41, 5.74) is 8.59. The van der Waals surface area contributed by atoms with Gasteiger partial charge in [-0.2, -0.15) is 0 Å². The van der Waals surface area contributed by atoms with E-state index in [1.54, 1.807) is 0 Å². The third-order valence-corrected chi connectivity index (χ3v) is 3.67. The molecule has 1 heterocycles. The van der Waals surface area contributed by atoms with E-state index in [-0.39, 0.29) is 11.3 Å². The number of aromatic hydroxyl groups is 1. The second-order valence-corrected chi connectivity index (χ2v) is 4.99. The first kappa shape index (κ1) is 12.4. The van der Waals surface area contributed by atoms with Gasteiger partial charge in [0, 0.05) is 11.1 Å². The highest BCUT2D eigenvalue weighted by molar-refractivity contribution is 7.15. The molecule has 0 bridgehead atoms. The Hall–Kier alpha value is -2.01. The van der Waals surface area contributed by atoms with Gasteiger partial charge in [-0.1, -0.05) is 6.07 Å². The normalized spacial score (nSPS) is 10.3. The van der Waals surface area contributed by atoms with Crippen molar-refractivity contribution in [3.8, 4) is 5.75 Å². The van der Waals surface area contributed by atoms with Crippen LogP contribution in [0.2, 0.25) is 0 Å². The fourth-order valence-electron chi connectivity index (χ4n) is 1.63. The van der Waals surface area contributed by atoms with Crippen molar-refractivity contribution in [1.82, 2.24) is 0 Å². The third-order valence-electron chi connectivity index (χ3n) is 2.78. The number of benzene rings is 1. The minimum Gasteiger partial charge on any atom is -0.506 e. The Morgan fingerprint density at radius 1 is 1.33 bits per heavy atom. The molecule has 94 valence electrons. The Bertz CT molecular complexity index is 605. The maximum Gasteiger partial charge on any atom is 0.255 e. The molecule has 0 atom stereocenters. The van der Waals surface area contributed by atoms with Crippen molar-refractivity contribution in [3.63, 3.8) is 0 Å². The number of nitrogens with two attached hydrogens (primary N) is 1. The lowest BCUT2D eigenvalue weighted by Crippen LogP contribution is -2.11. The molecule has 1 aromatic carbocycles. The zero-order valence-electron chi connectivity index (χ0n) is 10.2. The lowest BCUT2D eigenvalue weighted by atomic mass is 10.1. The van der Waals surface area contributed by atoms with Crippen LogP contribution in [0.1, 0.15) is 21.5 Å². The Balaban J connectivity index is 2.34. The average Bonchev–Trinajstić information content (AvgIpc) is 2.65. The van der Waals surface area contributed by atoms with Crippen molar-refractivity contribution in [2.45, 2.75) is 13.8 Å². The summed E-state index contributed by atoms with van der Waals surface area (Å²) in [6, 6.07) is 5.90. The molecule has 0 aliphatic carbocycles. The van der Waals surface area contributed by atoms with Gasteiger partial charge in [0.1, 0.15) is 16.3 Å². The number of amides is 1. The summed E-state index contributed by atoms with van der Waals surface area (Å²) in [7, 11) is 0. The molecule has 0 radical (unpaired) electrons. The number of anilines is 2. The number of rotatable bonds is 3. The predicted molar refractivity (Wildman–Crippen MR) is 73.7 cm³/mol. The van der Waals surface area contributed by atoms with Crippen molar-refractivity contribution in [2.24, 2.45) is 5.73 Å². The molecule has 1 aromatic heterocycles. The maximum absolute atomic E-state index is 11.2. The van der Waals surface area contributed by atoms with Crippen molar-refractivity contribution < 1.29 is 9.90 Å². The topological polar surface area (TPSA) is 75.3 Å². The van der Waals surface area contributed by atoms with Gasteiger partial charge in [-0.3, -0.25) is 4.79 Å². The Morgan fingerprint density at radius 3 is 2.67 bits per heavy atom. The summed E-state index contributed by atoms with van der Waals surface area (Å²) >= 11 is 1.25. The van der Waals surface area contributed by atoms with Crippen molar-refractivity contribution >= 4 is 27.9 Å². The highest BCUT2D eigenvalue weighted by Gasteiger charge is 2.16. The van der Waals surface area contributed by atoms with E-state index in [4.69, 9.17) is 5.73 Å².